The van der Waals surface area contributed by atoms with Crippen LogP contribution in [0.3, 0.4) is 0 Å². The van der Waals surface area contributed by atoms with Crippen molar-refractivity contribution in [2.75, 3.05) is 0 Å². The lowest BCUT2D eigenvalue weighted by Gasteiger charge is -2.07. The zero-order chi connectivity index (χ0) is 19.8. The molecule has 0 unspecified atom stereocenters. The first-order valence-electron chi connectivity index (χ1n) is 9.51. The summed E-state index contributed by atoms with van der Waals surface area (Å²) in [4.78, 5) is 8.69. The Morgan fingerprint density at radius 1 is 1.21 bits per heavy atom. The van der Waals surface area contributed by atoms with Crippen molar-refractivity contribution in [1.29, 1.82) is 0 Å². The largest absolute Gasteiger partial charge is 0.489 e. The van der Waals surface area contributed by atoms with Crippen LogP contribution in [0.25, 0.3) is 22.8 Å². The van der Waals surface area contributed by atoms with Crippen molar-refractivity contribution in [3.8, 4) is 28.6 Å². The van der Waals surface area contributed by atoms with Crippen LogP contribution in [0.5, 0.6) is 5.75 Å². The molecule has 5 rings (SSSR count). The molecule has 1 aliphatic rings. The molecule has 0 radical (unpaired) electrons. The summed E-state index contributed by atoms with van der Waals surface area (Å²) in [6, 6.07) is 12.1. The molecule has 7 heteroatoms. The lowest BCUT2D eigenvalue weighted by atomic mass is 10.0. The standard InChI is InChI=1S/C22H19BrN4O2/c1-14-10-15(12-27-9-8-24-13-27)2-6-18(14)21-25-22(29-26-21)16-3-7-20(19(23)11-16)28-17-4-5-17/h2-3,6-11,13,17H,4-5,12H2,1H3. The van der Waals surface area contributed by atoms with Crippen molar-refractivity contribution in [3.63, 3.8) is 0 Å². The highest BCUT2D eigenvalue weighted by Crippen LogP contribution is 2.35. The highest BCUT2D eigenvalue weighted by molar-refractivity contribution is 9.10. The minimum atomic E-state index is 0.354. The molecule has 1 aliphatic carbocycles. The minimum Gasteiger partial charge on any atom is -0.489 e. The van der Waals surface area contributed by atoms with Crippen LogP contribution in [-0.2, 0) is 6.54 Å². The Balaban J connectivity index is 1.37. The number of rotatable bonds is 6. The van der Waals surface area contributed by atoms with Gasteiger partial charge in [0.05, 0.1) is 16.9 Å². The van der Waals surface area contributed by atoms with E-state index in [2.05, 4.69) is 50.1 Å². The lowest BCUT2D eigenvalue weighted by Crippen LogP contribution is -1.97. The van der Waals surface area contributed by atoms with Crippen LogP contribution in [0.2, 0.25) is 0 Å². The summed E-state index contributed by atoms with van der Waals surface area (Å²) in [5, 5.41) is 4.19. The Kier molecular flexibility index (Phi) is 4.67. The minimum absolute atomic E-state index is 0.354. The molecular weight excluding hydrogens is 432 g/mol. The number of aryl methyl sites for hydroxylation is 1. The number of nitrogens with zero attached hydrogens (tertiary/aromatic N) is 4. The van der Waals surface area contributed by atoms with E-state index in [-0.39, 0.29) is 0 Å². The maximum absolute atomic E-state index is 5.87. The molecule has 6 nitrogen and oxygen atoms in total. The number of hydrogen-bond acceptors (Lipinski definition) is 5. The number of imidazole rings is 1. The third kappa shape index (κ3) is 3.96. The number of benzene rings is 2. The van der Waals surface area contributed by atoms with E-state index in [1.165, 1.54) is 5.56 Å². The Hall–Kier alpha value is -2.93. The van der Waals surface area contributed by atoms with Gasteiger partial charge in [0, 0.05) is 30.1 Å². The second-order valence-electron chi connectivity index (χ2n) is 7.27. The molecule has 0 atom stereocenters. The van der Waals surface area contributed by atoms with Crippen LogP contribution >= 0.6 is 15.9 Å². The molecule has 4 aromatic rings. The van der Waals surface area contributed by atoms with Gasteiger partial charge in [-0.1, -0.05) is 23.4 Å². The molecule has 0 N–H and O–H groups in total. The monoisotopic (exact) mass is 450 g/mol. The average Bonchev–Trinajstić information content (AvgIpc) is 3.16. The number of ether oxygens (including phenoxy) is 1. The second kappa shape index (κ2) is 7.48. The first-order chi connectivity index (χ1) is 14.2. The highest BCUT2D eigenvalue weighted by atomic mass is 79.9. The average molecular weight is 451 g/mol. The molecule has 146 valence electrons. The van der Waals surface area contributed by atoms with E-state index >= 15 is 0 Å². The number of aromatic nitrogens is 4. The fourth-order valence-corrected chi connectivity index (χ4v) is 3.68. The molecule has 29 heavy (non-hydrogen) atoms. The first-order valence-corrected chi connectivity index (χ1v) is 10.3. The normalized spacial score (nSPS) is 13.6. The Bertz CT molecular complexity index is 1150. The van der Waals surface area contributed by atoms with Gasteiger partial charge in [-0.3, -0.25) is 0 Å². The lowest BCUT2D eigenvalue weighted by molar-refractivity contribution is 0.301. The maximum atomic E-state index is 5.87. The van der Waals surface area contributed by atoms with E-state index in [1.807, 2.05) is 41.4 Å². The predicted octanol–water partition coefficient (Wildman–Crippen LogP) is 5.26. The van der Waals surface area contributed by atoms with Gasteiger partial charge in [0.15, 0.2) is 0 Å². The molecule has 0 saturated heterocycles. The van der Waals surface area contributed by atoms with Crippen molar-refractivity contribution in [3.05, 3.63) is 70.7 Å². The second-order valence-corrected chi connectivity index (χ2v) is 8.12. The molecule has 0 spiro atoms. The van der Waals surface area contributed by atoms with Gasteiger partial charge < -0.3 is 13.8 Å². The fourth-order valence-electron chi connectivity index (χ4n) is 3.21. The third-order valence-electron chi connectivity index (χ3n) is 4.88. The predicted molar refractivity (Wildman–Crippen MR) is 113 cm³/mol. The quantitative estimate of drug-likeness (QED) is 0.400. The van der Waals surface area contributed by atoms with Gasteiger partial charge in [-0.25, -0.2) is 4.98 Å². The van der Waals surface area contributed by atoms with Crippen LogP contribution in [0.15, 0.2) is 64.1 Å². The van der Waals surface area contributed by atoms with E-state index in [0.717, 1.165) is 46.3 Å². The van der Waals surface area contributed by atoms with Crippen molar-refractivity contribution < 1.29 is 9.26 Å². The van der Waals surface area contributed by atoms with Crippen LogP contribution < -0.4 is 4.74 Å². The van der Waals surface area contributed by atoms with Gasteiger partial charge in [-0.05, 0) is 65.0 Å². The van der Waals surface area contributed by atoms with Crippen molar-refractivity contribution in [2.45, 2.75) is 32.4 Å². The SMILES string of the molecule is Cc1cc(Cn2ccnc2)ccc1-c1noc(-c2ccc(OC3CC3)c(Br)c2)n1. The summed E-state index contributed by atoms with van der Waals surface area (Å²) < 4.78 is 14.3. The van der Waals surface area contributed by atoms with Crippen LogP contribution in [-0.4, -0.2) is 25.8 Å². The molecule has 1 fully saturated rings. The molecule has 2 aromatic heterocycles. The summed E-state index contributed by atoms with van der Waals surface area (Å²) in [6.45, 7) is 2.84. The van der Waals surface area contributed by atoms with E-state index in [4.69, 9.17) is 9.26 Å². The van der Waals surface area contributed by atoms with Crippen molar-refractivity contribution >= 4 is 15.9 Å². The molecule has 1 saturated carbocycles. The van der Waals surface area contributed by atoms with Crippen molar-refractivity contribution in [2.24, 2.45) is 0 Å². The summed E-state index contributed by atoms with van der Waals surface area (Å²) in [5.41, 5.74) is 4.11. The molecular formula is C22H19BrN4O2. The highest BCUT2D eigenvalue weighted by Gasteiger charge is 2.24. The summed E-state index contributed by atoms with van der Waals surface area (Å²) in [5.74, 6) is 1.92. The van der Waals surface area contributed by atoms with Gasteiger partial charge in [0.2, 0.25) is 5.82 Å². The van der Waals surface area contributed by atoms with Gasteiger partial charge >= 0.3 is 0 Å². The molecule has 0 amide bonds. The molecule has 0 aliphatic heterocycles. The van der Waals surface area contributed by atoms with Crippen LogP contribution in [0.4, 0.5) is 0 Å². The summed E-state index contributed by atoms with van der Waals surface area (Å²) in [7, 11) is 0. The van der Waals surface area contributed by atoms with Crippen molar-refractivity contribution in [1.82, 2.24) is 19.7 Å². The first kappa shape index (κ1) is 18.1. The molecule has 2 aromatic carbocycles. The van der Waals surface area contributed by atoms with Crippen LogP contribution in [0, 0.1) is 6.92 Å². The fraction of sp³-hybridized carbons (Fsp3) is 0.227. The van der Waals surface area contributed by atoms with E-state index < -0.39 is 0 Å². The third-order valence-corrected chi connectivity index (χ3v) is 5.50. The van der Waals surface area contributed by atoms with Gasteiger partial charge in [-0.2, -0.15) is 4.98 Å². The zero-order valence-corrected chi connectivity index (χ0v) is 17.5. The number of hydrogen-bond donors (Lipinski definition) is 0. The van der Waals surface area contributed by atoms with E-state index in [1.54, 1.807) is 6.20 Å². The van der Waals surface area contributed by atoms with E-state index in [9.17, 15) is 0 Å². The Morgan fingerprint density at radius 2 is 2.10 bits per heavy atom. The van der Waals surface area contributed by atoms with E-state index in [0.29, 0.717) is 17.8 Å². The van der Waals surface area contributed by atoms with Gasteiger partial charge in [-0.15, -0.1) is 0 Å². The molecule has 2 heterocycles. The topological polar surface area (TPSA) is 66.0 Å². The summed E-state index contributed by atoms with van der Waals surface area (Å²) >= 11 is 3.57. The Morgan fingerprint density at radius 3 is 2.83 bits per heavy atom. The van der Waals surface area contributed by atoms with Gasteiger partial charge in [0.25, 0.3) is 5.89 Å². The molecule has 0 bridgehead atoms. The van der Waals surface area contributed by atoms with Crippen LogP contribution in [0.1, 0.15) is 24.0 Å². The number of halogens is 1. The maximum Gasteiger partial charge on any atom is 0.258 e. The summed E-state index contributed by atoms with van der Waals surface area (Å²) in [6.07, 6.45) is 8.16. The van der Waals surface area contributed by atoms with Gasteiger partial charge in [0.1, 0.15) is 5.75 Å². The Labute approximate surface area is 176 Å². The smallest absolute Gasteiger partial charge is 0.258 e. The zero-order valence-electron chi connectivity index (χ0n) is 15.9.